The van der Waals surface area contributed by atoms with E-state index in [2.05, 4.69) is 25.5 Å². The van der Waals surface area contributed by atoms with Crippen LogP contribution in [0.4, 0.5) is 5.13 Å². The van der Waals surface area contributed by atoms with Crippen LogP contribution in [0.1, 0.15) is 30.3 Å². The number of piperidine rings is 3. The molecule has 132 valence electrons. The summed E-state index contributed by atoms with van der Waals surface area (Å²) in [6.07, 6.45) is 5.41. The first-order valence-corrected chi connectivity index (χ1v) is 9.33. The number of rotatable bonds is 5. The summed E-state index contributed by atoms with van der Waals surface area (Å²) in [5, 5.41) is 13.4. The number of carbonyl (C=O) groups is 2. The maximum Gasteiger partial charge on any atom is 0.230 e. The molecule has 2 aromatic heterocycles. The third-order valence-corrected chi connectivity index (χ3v) is 5.86. The van der Waals surface area contributed by atoms with E-state index in [1.54, 1.807) is 17.1 Å². The predicted octanol–water partition coefficient (Wildman–Crippen LogP) is 1.29. The molecule has 0 spiro atoms. The second-order valence-corrected chi connectivity index (χ2v) is 7.64. The van der Waals surface area contributed by atoms with Gasteiger partial charge in [0.25, 0.3) is 0 Å². The van der Waals surface area contributed by atoms with E-state index in [0.717, 1.165) is 25.9 Å². The van der Waals surface area contributed by atoms with Crippen LogP contribution < -0.4 is 5.32 Å². The van der Waals surface area contributed by atoms with E-state index in [1.807, 2.05) is 5.38 Å². The Morgan fingerprint density at radius 1 is 1.44 bits per heavy atom. The van der Waals surface area contributed by atoms with Crippen LogP contribution in [0.5, 0.6) is 0 Å². The quantitative estimate of drug-likeness (QED) is 0.808. The zero-order chi connectivity index (χ0) is 17.4. The number of nitrogens with zero attached hydrogens (tertiary/aromatic N) is 5. The average molecular weight is 360 g/mol. The Morgan fingerprint density at radius 3 is 2.96 bits per heavy atom. The number of carbonyl (C=O) groups excluding carboxylic acids is 2. The van der Waals surface area contributed by atoms with Crippen LogP contribution in [0.15, 0.2) is 17.8 Å². The van der Waals surface area contributed by atoms with Crippen molar-refractivity contribution in [3.63, 3.8) is 0 Å². The molecule has 0 radical (unpaired) electrons. The van der Waals surface area contributed by atoms with Gasteiger partial charge >= 0.3 is 0 Å². The minimum Gasteiger partial charge on any atom is -0.302 e. The van der Waals surface area contributed by atoms with E-state index >= 15 is 0 Å². The summed E-state index contributed by atoms with van der Waals surface area (Å²) in [6, 6.07) is 0.337. The van der Waals surface area contributed by atoms with Crippen molar-refractivity contribution in [1.82, 2.24) is 24.9 Å². The van der Waals surface area contributed by atoms with Gasteiger partial charge in [0.15, 0.2) is 10.9 Å². The highest BCUT2D eigenvalue weighted by atomic mass is 32.1. The van der Waals surface area contributed by atoms with Crippen molar-refractivity contribution >= 4 is 28.2 Å². The molecule has 2 aromatic rings. The van der Waals surface area contributed by atoms with Crippen molar-refractivity contribution in [2.24, 2.45) is 11.8 Å². The monoisotopic (exact) mass is 360 g/mol. The van der Waals surface area contributed by atoms with E-state index in [-0.39, 0.29) is 17.6 Å². The number of amides is 1. The van der Waals surface area contributed by atoms with E-state index < -0.39 is 0 Å². The average Bonchev–Trinajstić information content (AvgIpc) is 3.27. The molecule has 0 aromatic carbocycles. The largest absolute Gasteiger partial charge is 0.302 e. The Bertz CT molecular complexity index is 773. The lowest BCUT2D eigenvalue weighted by atomic mass is 9.75. The molecule has 1 N–H and O–H groups in total. The van der Waals surface area contributed by atoms with Crippen molar-refractivity contribution < 1.29 is 9.59 Å². The zero-order valence-corrected chi connectivity index (χ0v) is 14.8. The molecule has 8 nitrogen and oxygen atoms in total. The Kier molecular flexibility index (Phi) is 4.34. The van der Waals surface area contributed by atoms with Crippen LogP contribution in [0, 0.1) is 11.8 Å². The van der Waals surface area contributed by atoms with Crippen molar-refractivity contribution in [3.05, 3.63) is 23.5 Å². The highest BCUT2D eigenvalue weighted by Gasteiger charge is 2.43. The number of thiazole rings is 1. The molecule has 9 heteroatoms. The third kappa shape index (κ3) is 3.34. The lowest BCUT2D eigenvalue weighted by Gasteiger charge is -2.49. The summed E-state index contributed by atoms with van der Waals surface area (Å²) in [4.78, 5) is 30.4. The van der Waals surface area contributed by atoms with Crippen molar-refractivity contribution in [1.29, 1.82) is 0 Å². The smallest absolute Gasteiger partial charge is 0.230 e. The summed E-state index contributed by atoms with van der Waals surface area (Å²) in [5.41, 5.74) is 0.400. The lowest BCUT2D eigenvalue weighted by molar-refractivity contribution is -0.127. The minimum absolute atomic E-state index is 0.0115. The minimum atomic E-state index is -0.0735. The molecule has 3 aliphatic heterocycles. The molecule has 5 heterocycles. The van der Waals surface area contributed by atoms with Crippen LogP contribution in [-0.4, -0.2) is 55.7 Å². The number of anilines is 1. The molecule has 1 amide bonds. The van der Waals surface area contributed by atoms with E-state index in [4.69, 9.17) is 0 Å². The van der Waals surface area contributed by atoms with E-state index in [1.165, 1.54) is 18.3 Å². The molecule has 2 unspecified atom stereocenters. The summed E-state index contributed by atoms with van der Waals surface area (Å²) in [5.74, 6) is 0.390. The molecule has 3 saturated heterocycles. The van der Waals surface area contributed by atoms with Gasteiger partial charge in [-0.15, -0.1) is 16.4 Å². The fraction of sp³-hybridized carbons (Fsp3) is 0.562. The molecule has 2 bridgehead atoms. The number of Topliss-reactive ketones (excluding diaryl/α,β-unsaturated/α-hetero) is 1. The van der Waals surface area contributed by atoms with Gasteiger partial charge in [0.05, 0.1) is 18.7 Å². The zero-order valence-electron chi connectivity index (χ0n) is 14.0. The van der Waals surface area contributed by atoms with Crippen LogP contribution in [-0.2, 0) is 11.3 Å². The number of fused-ring (bicyclic) bond motifs is 3. The molecule has 3 aliphatic rings. The van der Waals surface area contributed by atoms with Crippen LogP contribution >= 0.6 is 11.3 Å². The number of hydrogen-bond acceptors (Lipinski definition) is 7. The normalized spacial score (nSPS) is 28.0. The van der Waals surface area contributed by atoms with Gasteiger partial charge in [-0.1, -0.05) is 5.21 Å². The number of ketones is 1. The van der Waals surface area contributed by atoms with Crippen molar-refractivity contribution in [2.45, 2.75) is 32.4 Å². The summed E-state index contributed by atoms with van der Waals surface area (Å²) < 4.78 is 1.74. The standard InChI is InChI=1S/C16H20N6O2S/c1-10(23)14-9-22(20-19-14)7-12-6-11-2-4-21(12)8-13(11)15(24)18-16-17-3-5-25-16/h3,5,9,11-13H,2,4,6-8H2,1H3,(H,17,18,24)/t11?,12-,13+/m1/s1. The summed E-state index contributed by atoms with van der Waals surface area (Å²) in [6.45, 7) is 3.97. The SMILES string of the molecule is CC(=O)c1cn(C[C@H]2CC3CCN2C[C@@H]3C(=O)Nc2nccs2)nn1. The van der Waals surface area contributed by atoms with Gasteiger partial charge in [-0.3, -0.25) is 19.2 Å². The van der Waals surface area contributed by atoms with Gasteiger partial charge in [-0.05, 0) is 25.3 Å². The first kappa shape index (κ1) is 16.3. The second-order valence-electron chi connectivity index (χ2n) is 6.75. The van der Waals surface area contributed by atoms with Crippen LogP contribution in [0.25, 0.3) is 0 Å². The molecule has 0 saturated carbocycles. The topological polar surface area (TPSA) is 93.0 Å². The molecule has 0 aliphatic carbocycles. The second kappa shape index (κ2) is 6.64. The molecule has 4 atom stereocenters. The van der Waals surface area contributed by atoms with Gasteiger partial charge < -0.3 is 5.32 Å². The fourth-order valence-corrected chi connectivity index (χ4v) is 4.41. The number of aromatic nitrogens is 4. The fourth-order valence-electron chi connectivity index (χ4n) is 3.87. The highest BCUT2D eigenvalue weighted by Crippen LogP contribution is 2.37. The van der Waals surface area contributed by atoms with Crippen LogP contribution in [0.3, 0.4) is 0 Å². The van der Waals surface area contributed by atoms with Gasteiger partial charge in [0.1, 0.15) is 5.69 Å². The molecular formula is C16H20N6O2S. The van der Waals surface area contributed by atoms with Gasteiger partial charge in [-0.25, -0.2) is 4.98 Å². The Morgan fingerprint density at radius 2 is 2.32 bits per heavy atom. The van der Waals surface area contributed by atoms with Crippen molar-refractivity contribution in [2.75, 3.05) is 18.4 Å². The van der Waals surface area contributed by atoms with Gasteiger partial charge in [-0.2, -0.15) is 0 Å². The maximum absolute atomic E-state index is 12.6. The first-order chi connectivity index (χ1) is 12.1. The van der Waals surface area contributed by atoms with Crippen molar-refractivity contribution in [3.8, 4) is 0 Å². The number of nitrogens with one attached hydrogen (secondary N) is 1. The molecular weight excluding hydrogens is 340 g/mol. The lowest BCUT2D eigenvalue weighted by Crippen LogP contribution is -2.57. The predicted molar refractivity (Wildman–Crippen MR) is 92.3 cm³/mol. The molecule has 5 rings (SSSR count). The molecule has 25 heavy (non-hydrogen) atoms. The van der Waals surface area contributed by atoms with E-state index in [9.17, 15) is 9.59 Å². The Labute approximate surface area is 149 Å². The van der Waals surface area contributed by atoms with Crippen LogP contribution in [0.2, 0.25) is 0 Å². The van der Waals surface area contributed by atoms with Gasteiger partial charge in [0, 0.05) is 31.1 Å². The Hall–Kier alpha value is -2.13. The first-order valence-electron chi connectivity index (χ1n) is 8.45. The summed E-state index contributed by atoms with van der Waals surface area (Å²) >= 11 is 1.44. The highest BCUT2D eigenvalue weighted by molar-refractivity contribution is 7.13. The Balaban J connectivity index is 1.39. The van der Waals surface area contributed by atoms with E-state index in [0.29, 0.717) is 29.3 Å². The molecule has 3 fully saturated rings. The summed E-state index contributed by atoms with van der Waals surface area (Å²) in [7, 11) is 0. The maximum atomic E-state index is 12.6. The third-order valence-electron chi connectivity index (χ3n) is 5.17. The number of hydrogen-bond donors (Lipinski definition) is 1. The van der Waals surface area contributed by atoms with Gasteiger partial charge in [0.2, 0.25) is 5.91 Å².